The first-order valence-corrected chi connectivity index (χ1v) is 8.32. The molecule has 0 unspecified atom stereocenters. The van der Waals surface area contributed by atoms with Crippen molar-refractivity contribution in [3.63, 3.8) is 0 Å². The van der Waals surface area contributed by atoms with Gasteiger partial charge < -0.3 is 14.5 Å². The number of piperidine rings is 1. The number of rotatable bonds is 4. The highest BCUT2D eigenvalue weighted by molar-refractivity contribution is 5.81. The standard InChI is InChI=1S/C18H29N3O2/c1-18(2,3)17(22)20(4)13-14-8-11-21(12-9-14)16-15(23-5)7-6-10-19-16/h6-7,10,14H,8-9,11-13H2,1-5H3. The van der Waals surface area contributed by atoms with E-state index in [1.54, 1.807) is 13.3 Å². The molecule has 0 bridgehead atoms. The number of nitrogens with zero attached hydrogens (tertiary/aromatic N) is 3. The SMILES string of the molecule is COc1cccnc1N1CCC(CN(C)C(=O)C(C)(C)C)CC1. The molecule has 23 heavy (non-hydrogen) atoms. The van der Waals surface area contributed by atoms with Gasteiger partial charge in [0.1, 0.15) is 0 Å². The molecule has 128 valence electrons. The summed E-state index contributed by atoms with van der Waals surface area (Å²) >= 11 is 0. The van der Waals surface area contributed by atoms with Gasteiger partial charge in [-0.25, -0.2) is 4.98 Å². The molecule has 1 aliphatic heterocycles. The molecule has 5 heteroatoms. The highest BCUT2D eigenvalue weighted by Crippen LogP contribution is 2.29. The number of hydrogen-bond acceptors (Lipinski definition) is 4. The highest BCUT2D eigenvalue weighted by Gasteiger charge is 2.28. The van der Waals surface area contributed by atoms with Gasteiger partial charge >= 0.3 is 0 Å². The van der Waals surface area contributed by atoms with E-state index in [1.807, 2.05) is 44.9 Å². The van der Waals surface area contributed by atoms with E-state index in [1.165, 1.54) is 0 Å². The molecule has 0 saturated carbocycles. The van der Waals surface area contributed by atoms with Crippen molar-refractivity contribution in [2.24, 2.45) is 11.3 Å². The maximum absolute atomic E-state index is 12.3. The molecule has 1 aromatic rings. The summed E-state index contributed by atoms with van der Waals surface area (Å²) in [5.74, 6) is 2.52. The van der Waals surface area contributed by atoms with E-state index in [4.69, 9.17) is 4.74 Å². The summed E-state index contributed by atoms with van der Waals surface area (Å²) < 4.78 is 5.40. The molecular formula is C18H29N3O2. The molecule has 2 rings (SSSR count). The minimum absolute atomic E-state index is 0.214. The van der Waals surface area contributed by atoms with Crippen LogP contribution in [-0.4, -0.2) is 49.6 Å². The topological polar surface area (TPSA) is 45.7 Å². The zero-order chi connectivity index (χ0) is 17.0. The first kappa shape index (κ1) is 17.6. The Hall–Kier alpha value is -1.78. The van der Waals surface area contributed by atoms with E-state index < -0.39 is 0 Å². The molecular weight excluding hydrogens is 290 g/mol. The second kappa shape index (κ2) is 7.20. The van der Waals surface area contributed by atoms with E-state index in [-0.39, 0.29) is 11.3 Å². The number of carbonyl (C=O) groups excluding carboxylic acids is 1. The fourth-order valence-corrected chi connectivity index (χ4v) is 3.15. The van der Waals surface area contributed by atoms with Gasteiger partial charge in [0.2, 0.25) is 5.91 Å². The zero-order valence-corrected chi connectivity index (χ0v) is 15.0. The van der Waals surface area contributed by atoms with Crippen LogP contribution in [0.25, 0.3) is 0 Å². The smallest absolute Gasteiger partial charge is 0.227 e. The molecule has 5 nitrogen and oxygen atoms in total. The van der Waals surface area contributed by atoms with Gasteiger partial charge in [-0.2, -0.15) is 0 Å². The Morgan fingerprint density at radius 3 is 2.61 bits per heavy atom. The molecule has 0 N–H and O–H groups in total. The minimum atomic E-state index is -0.309. The van der Waals surface area contributed by atoms with Crippen molar-refractivity contribution in [1.29, 1.82) is 0 Å². The first-order valence-electron chi connectivity index (χ1n) is 8.32. The van der Waals surface area contributed by atoms with Crippen molar-refractivity contribution in [2.75, 3.05) is 38.7 Å². The average molecular weight is 319 g/mol. The Morgan fingerprint density at radius 1 is 1.39 bits per heavy atom. The molecule has 0 aromatic carbocycles. The van der Waals surface area contributed by atoms with Crippen molar-refractivity contribution in [3.8, 4) is 5.75 Å². The number of carbonyl (C=O) groups is 1. The van der Waals surface area contributed by atoms with Crippen LogP contribution in [0.1, 0.15) is 33.6 Å². The number of hydrogen-bond donors (Lipinski definition) is 0. The van der Waals surface area contributed by atoms with Crippen LogP contribution in [0.3, 0.4) is 0 Å². The summed E-state index contributed by atoms with van der Waals surface area (Å²) in [5.41, 5.74) is -0.309. The van der Waals surface area contributed by atoms with Crippen molar-refractivity contribution in [1.82, 2.24) is 9.88 Å². The lowest BCUT2D eigenvalue weighted by Gasteiger charge is -2.36. The lowest BCUT2D eigenvalue weighted by molar-refractivity contribution is -0.138. The van der Waals surface area contributed by atoms with Gasteiger partial charge in [-0.3, -0.25) is 4.79 Å². The summed E-state index contributed by atoms with van der Waals surface area (Å²) in [6.45, 7) is 8.67. The Bertz CT molecular complexity index is 531. The Kier molecular flexibility index (Phi) is 5.50. The monoisotopic (exact) mass is 319 g/mol. The van der Waals surface area contributed by atoms with E-state index in [0.29, 0.717) is 5.92 Å². The normalized spacial score (nSPS) is 16.3. The van der Waals surface area contributed by atoms with Crippen molar-refractivity contribution in [3.05, 3.63) is 18.3 Å². The third-order valence-corrected chi connectivity index (χ3v) is 4.41. The second-order valence-corrected chi connectivity index (χ2v) is 7.40. The zero-order valence-electron chi connectivity index (χ0n) is 15.0. The van der Waals surface area contributed by atoms with Crippen LogP contribution < -0.4 is 9.64 Å². The van der Waals surface area contributed by atoms with Crippen LogP contribution in [-0.2, 0) is 4.79 Å². The van der Waals surface area contributed by atoms with Crippen LogP contribution >= 0.6 is 0 Å². The predicted octanol–water partition coefficient (Wildman–Crippen LogP) is 2.81. The molecule has 0 atom stereocenters. The van der Waals surface area contributed by atoms with Crippen molar-refractivity contribution in [2.45, 2.75) is 33.6 Å². The maximum atomic E-state index is 12.3. The lowest BCUT2D eigenvalue weighted by Crippen LogP contribution is -2.43. The Morgan fingerprint density at radius 2 is 2.04 bits per heavy atom. The minimum Gasteiger partial charge on any atom is -0.493 e. The van der Waals surface area contributed by atoms with Gasteiger partial charge in [0.15, 0.2) is 11.6 Å². The van der Waals surface area contributed by atoms with Gasteiger partial charge in [-0.15, -0.1) is 0 Å². The molecule has 1 aliphatic rings. The Balaban J connectivity index is 1.90. The number of pyridine rings is 1. The number of anilines is 1. The van der Waals surface area contributed by atoms with E-state index in [0.717, 1.165) is 44.0 Å². The molecule has 1 aromatic heterocycles. The molecule has 0 spiro atoms. The summed E-state index contributed by atoms with van der Waals surface area (Å²) in [6.07, 6.45) is 3.95. The van der Waals surface area contributed by atoms with Crippen LogP contribution in [0.2, 0.25) is 0 Å². The van der Waals surface area contributed by atoms with Crippen LogP contribution in [0.4, 0.5) is 5.82 Å². The molecule has 2 heterocycles. The number of ether oxygens (including phenoxy) is 1. The van der Waals surface area contributed by atoms with Gasteiger partial charge in [0, 0.05) is 38.3 Å². The van der Waals surface area contributed by atoms with Crippen molar-refractivity contribution < 1.29 is 9.53 Å². The molecule has 1 amide bonds. The third kappa shape index (κ3) is 4.36. The van der Waals surface area contributed by atoms with E-state index in [9.17, 15) is 4.79 Å². The molecule has 1 saturated heterocycles. The van der Waals surface area contributed by atoms with E-state index in [2.05, 4.69) is 9.88 Å². The number of methoxy groups -OCH3 is 1. The maximum Gasteiger partial charge on any atom is 0.227 e. The largest absolute Gasteiger partial charge is 0.493 e. The lowest BCUT2D eigenvalue weighted by atomic mass is 9.92. The van der Waals surface area contributed by atoms with Crippen LogP contribution in [0, 0.1) is 11.3 Å². The molecule has 0 aliphatic carbocycles. The average Bonchev–Trinajstić information content (AvgIpc) is 2.54. The third-order valence-electron chi connectivity index (χ3n) is 4.41. The molecule has 0 radical (unpaired) electrons. The number of aromatic nitrogens is 1. The number of amides is 1. The summed E-state index contributed by atoms with van der Waals surface area (Å²) in [4.78, 5) is 20.9. The molecule has 1 fully saturated rings. The van der Waals surface area contributed by atoms with Gasteiger partial charge in [-0.05, 0) is 30.9 Å². The second-order valence-electron chi connectivity index (χ2n) is 7.40. The fourth-order valence-electron chi connectivity index (χ4n) is 3.15. The summed E-state index contributed by atoms with van der Waals surface area (Å²) in [6, 6.07) is 3.84. The Labute approximate surface area is 139 Å². The fraction of sp³-hybridized carbons (Fsp3) is 0.667. The van der Waals surface area contributed by atoms with Gasteiger partial charge in [-0.1, -0.05) is 20.8 Å². The van der Waals surface area contributed by atoms with E-state index >= 15 is 0 Å². The van der Waals surface area contributed by atoms with Crippen molar-refractivity contribution >= 4 is 11.7 Å². The quantitative estimate of drug-likeness (QED) is 0.856. The van der Waals surface area contributed by atoms with Crippen LogP contribution in [0.5, 0.6) is 5.75 Å². The van der Waals surface area contributed by atoms with Gasteiger partial charge in [0.25, 0.3) is 0 Å². The highest BCUT2D eigenvalue weighted by atomic mass is 16.5. The summed E-state index contributed by atoms with van der Waals surface area (Å²) in [7, 11) is 3.60. The summed E-state index contributed by atoms with van der Waals surface area (Å²) in [5, 5.41) is 0. The van der Waals surface area contributed by atoms with Gasteiger partial charge in [0.05, 0.1) is 7.11 Å². The van der Waals surface area contributed by atoms with Crippen LogP contribution in [0.15, 0.2) is 18.3 Å². The first-order chi connectivity index (χ1) is 10.8. The predicted molar refractivity (Wildman–Crippen MR) is 92.8 cm³/mol.